The molecule has 54 heavy (non-hydrogen) atoms. The molecule has 258 valence electrons. The smallest absolute Gasteiger partial charge is 0.000730 e. The largest absolute Gasteiger partial charge is 0.0622 e. The Balaban J connectivity index is 1.49. The first kappa shape index (κ1) is 31.5. The minimum atomic E-state index is -0.0204. The van der Waals surface area contributed by atoms with E-state index in [1.165, 1.54) is 120 Å². The SMILES string of the molecule is CC(C)(C)c1cc2ccc3cc(C(C)(C)C)cc4c5c(-c6ccccc6)c6cc7c(cc6c(-c6ccccc6)c5c(c1)c2c34)-c1cccc2cccc-7c12. The highest BCUT2D eigenvalue weighted by atomic mass is 14.3. The maximum atomic E-state index is 2.54. The Kier molecular flexibility index (Phi) is 6.31. The van der Waals surface area contributed by atoms with Crippen LogP contribution in [0.3, 0.4) is 0 Å². The lowest BCUT2D eigenvalue weighted by Crippen LogP contribution is -2.12. The van der Waals surface area contributed by atoms with Crippen LogP contribution >= 0.6 is 0 Å². The number of hydrogen-bond donors (Lipinski definition) is 0. The third-order valence-electron chi connectivity index (χ3n) is 12.4. The van der Waals surface area contributed by atoms with Crippen molar-refractivity contribution in [2.75, 3.05) is 0 Å². The number of benzene rings is 10. The molecule has 0 unspecified atom stereocenters. The molecule has 0 saturated carbocycles. The molecule has 1 aliphatic rings. The van der Waals surface area contributed by atoms with Crippen LogP contribution < -0.4 is 0 Å². The van der Waals surface area contributed by atoms with E-state index in [2.05, 4.69) is 187 Å². The third-order valence-corrected chi connectivity index (χ3v) is 12.4. The van der Waals surface area contributed by atoms with Crippen LogP contribution in [-0.2, 0) is 10.8 Å². The second-order valence-electron chi connectivity index (χ2n) is 17.7. The molecule has 10 aromatic carbocycles. The molecule has 0 heterocycles. The van der Waals surface area contributed by atoms with Crippen molar-refractivity contribution in [1.82, 2.24) is 0 Å². The summed E-state index contributed by atoms with van der Waals surface area (Å²) < 4.78 is 0. The molecule has 1 aliphatic carbocycles. The molecular formula is C54H42. The van der Waals surface area contributed by atoms with Crippen molar-refractivity contribution >= 4 is 64.6 Å². The summed E-state index contributed by atoms with van der Waals surface area (Å²) in [6, 6.07) is 55.9. The first-order valence-electron chi connectivity index (χ1n) is 19.4. The zero-order chi connectivity index (χ0) is 36.7. The van der Waals surface area contributed by atoms with Gasteiger partial charge in [0.15, 0.2) is 0 Å². The summed E-state index contributed by atoms with van der Waals surface area (Å²) >= 11 is 0. The van der Waals surface area contributed by atoms with E-state index >= 15 is 0 Å². The maximum Gasteiger partial charge on any atom is -0.000730 e. The normalized spacial score (nSPS) is 13.0. The summed E-state index contributed by atoms with van der Waals surface area (Å²) in [5.74, 6) is 0. The van der Waals surface area contributed by atoms with Gasteiger partial charge in [-0.1, -0.05) is 163 Å². The van der Waals surface area contributed by atoms with Crippen LogP contribution in [-0.4, -0.2) is 0 Å². The molecule has 11 rings (SSSR count). The van der Waals surface area contributed by atoms with Gasteiger partial charge in [0.05, 0.1) is 0 Å². The van der Waals surface area contributed by atoms with Crippen molar-refractivity contribution in [1.29, 1.82) is 0 Å². The van der Waals surface area contributed by atoms with Crippen LogP contribution in [0.15, 0.2) is 146 Å². The van der Waals surface area contributed by atoms with Crippen LogP contribution in [0.4, 0.5) is 0 Å². The Morgan fingerprint density at radius 2 is 0.722 bits per heavy atom. The number of hydrogen-bond acceptors (Lipinski definition) is 0. The van der Waals surface area contributed by atoms with E-state index in [0.717, 1.165) is 0 Å². The first-order valence-corrected chi connectivity index (χ1v) is 19.4. The van der Waals surface area contributed by atoms with Crippen molar-refractivity contribution < 1.29 is 0 Å². The van der Waals surface area contributed by atoms with E-state index < -0.39 is 0 Å². The summed E-state index contributed by atoms with van der Waals surface area (Å²) in [4.78, 5) is 0. The maximum absolute atomic E-state index is 2.54. The van der Waals surface area contributed by atoms with Crippen molar-refractivity contribution in [3.63, 3.8) is 0 Å². The van der Waals surface area contributed by atoms with Gasteiger partial charge in [-0.05, 0) is 155 Å². The van der Waals surface area contributed by atoms with E-state index in [1.807, 2.05) is 0 Å². The molecule has 0 aromatic heterocycles. The van der Waals surface area contributed by atoms with Gasteiger partial charge >= 0.3 is 0 Å². The molecule has 0 N–H and O–H groups in total. The Labute approximate surface area is 317 Å². The van der Waals surface area contributed by atoms with Crippen molar-refractivity contribution in [2.45, 2.75) is 52.4 Å². The molecule has 0 nitrogen and oxygen atoms in total. The Morgan fingerprint density at radius 1 is 0.296 bits per heavy atom. The minimum absolute atomic E-state index is 0.0204. The van der Waals surface area contributed by atoms with Gasteiger partial charge in [-0.15, -0.1) is 0 Å². The predicted molar refractivity (Wildman–Crippen MR) is 235 cm³/mol. The average Bonchev–Trinajstić information content (AvgIpc) is 3.48. The summed E-state index contributed by atoms with van der Waals surface area (Å²) in [6.07, 6.45) is 0. The van der Waals surface area contributed by atoms with E-state index in [0.29, 0.717) is 0 Å². The zero-order valence-corrected chi connectivity index (χ0v) is 31.9. The molecule has 0 spiro atoms. The van der Waals surface area contributed by atoms with Crippen LogP contribution in [0.2, 0.25) is 0 Å². The second kappa shape index (κ2) is 10.8. The molecule has 10 aromatic rings. The van der Waals surface area contributed by atoms with Gasteiger partial charge in [0.25, 0.3) is 0 Å². The molecule has 0 heteroatoms. The topological polar surface area (TPSA) is 0 Å². The zero-order valence-electron chi connectivity index (χ0n) is 31.9. The van der Waals surface area contributed by atoms with Gasteiger partial charge in [0, 0.05) is 0 Å². The second-order valence-corrected chi connectivity index (χ2v) is 17.7. The third kappa shape index (κ3) is 4.32. The van der Waals surface area contributed by atoms with Crippen molar-refractivity contribution in [3.05, 3.63) is 157 Å². The van der Waals surface area contributed by atoms with Gasteiger partial charge in [-0.3, -0.25) is 0 Å². The van der Waals surface area contributed by atoms with Crippen LogP contribution in [0.5, 0.6) is 0 Å². The predicted octanol–water partition coefficient (Wildman–Crippen LogP) is 15.6. The lowest BCUT2D eigenvalue weighted by molar-refractivity contribution is 0.591. The van der Waals surface area contributed by atoms with E-state index in [-0.39, 0.29) is 10.8 Å². The standard InChI is InChI=1S/C54H42/c1-53(2,3)36-25-34-23-24-35-26-37(54(4,5)6)28-45-50(35)49(34)44(27-36)51-47(32-15-9-7-10-16-32)42-29-40-38-21-13-19-31-20-14-22-39(46(31)38)41(40)30-43(42)48(52(45)51)33-17-11-8-12-18-33/h7-30H,1-6H3. The molecular weight excluding hydrogens is 649 g/mol. The van der Waals surface area contributed by atoms with E-state index in [9.17, 15) is 0 Å². The number of rotatable bonds is 2. The van der Waals surface area contributed by atoms with Crippen LogP contribution in [0, 0.1) is 0 Å². The lowest BCUT2D eigenvalue weighted by atomic mass is 9.76. The van der Waals surface area contributed by atoms with Gasteiger partial charge in [0.1, 0.15) is 0 Å². The Hall–Kier alpha value is -5.98. The Morgan fingerprint density at radius 3 is 1.13 bits per heavy atom. The quantitative estimate of drug-likeness (QED) is 0.125. The lowest BCUT2D eigenvalue weighted by Gasteiger charge is -2.27. The molecule has 0 bridgehead atoms. The first-order chi connectivity index (χ1) is 26.1. The fourth-order valence-corrected chi connectivity index (χ4v) is 9.71. The minimum Gasteiger partial charge on any atom is -0.0622 e. The van der Waals surface area contributed by atoms with Crippen LogP contribution in [0.1, 0.15) is 52.7 Å². The summed E-state index contributed by atoms with van der Waals surface area (Å²) in [7, 11) is 0. The average molecular weight is 691 g/mol. The molecule has 0 saturated heterocycles. The fourth-order valence-electron chi connectivity index (χ4n) is 9.71. The summed E-state index contributed by atoms with van der Waals surface area (Å²) in [6.45, 7) is 14.1. The summed E-state index contributed by atoms with van der Waals surface area (Å²) in [5, 5.41) is 16.0. The highest BCUT2D eigenvalue weighted by molar-refractivity contribution is 6.41. The highest BCUT2D eigenvalue weighted by Gasteiger charge is 2.29. The van der Waals surface area contributed by atoms with Gasteiger partial charge in [0.2, 0.25) is 0 Å². The molecule has 0 fully saturated rings. The molecule has 0 atom stereocenters. The summed E-state index contributed by atoms with van der Waals surface area (Å²) in [5.41, 5.74) is 13.2. The van der Waals surface area contributed by atoms with E-state index in [4.69, 9.17) is 0 Å². The molecule has 0 aliphatic heterocycles. The highest BCUT2D eigenvalue weighted by Crippen LogP contribution is 2.56. The van der Waals surface area contributed by atoms with Gasteiger partial charge in [-0.25, -0.2) is 0 Å². The Bertz CT molecular complexity index is 2970. The monoisotopic (exact) mass is 690 g/mol. The van der Waals surface area contributed by atoms with Gasteiger partial charge < -0.3 is 0 Å². The number of fused-ring (bicyclic) bond motifs is 7. The molecule has 0 radical (unpaired) electrons. The van der Waals surface area contributed by atoms with E-state index in [1.54, 1.807) is 0 Å². The van der Waals surface area contributed by atoms with Gasteiger partial charge in [-0.2, -0.15) is 0 Å². The molecule has 0 amide bonds. The fraction of sp³-hybridized carbons (Fsp3) is 0.148. The van der Waals surface area contributed by atoms with Crippen molar-refractivity contribution in [2.24, 2.45) is 0 Å². The van der Waals surface area contributed by atoms with Crippen molar-refractivity contribution in [3.8, 4) is 44.5 Å². The van der Waals surface area contributed by atoms with Crippen LogP contribution in [0.25, 0.3) is 109 Å².